The van der Waals surface area contributed by atoms with E-state index in [2.05, 4.69) is 24.5 Å². The summed E-state index contributed by atoms with van der Waals surface area (Å²) in [7, 11) is 0. The summed E-state index contributed by atoms with van der Waals surface area (Å²) in [6, 6.07) is 0. The molecule has 6 nitrogen and oxygen atoms in total. The van der Waals surface area contributed by atoms with Crippen LogP contribution in [0.1, 0.15) is 142 Å². The molecule has 0 heterocycles. The van der Waals surface area contributed by atoms with Crippen LogP contribution >= 0.6 is 0 Å². The fraction of sp³-hybridized carbons (Fsp3) is 0.929. The van der Waals surface area contributed by atoms with Crippen molar-refractivity contribution in [1.82, 2.24) is 10.6 Å². The Labute approximate surface area is 210 Å². The van der Waals surface area contributed by atoms with Crippen LogP contribution in [-0.2, 0) is 9.59 Å². The molecule has 0 aromatic rings. The summed E-state index contributed by atoms with van der Waals surface area (Å²) < 4.78 is 0. The third-order valence-electron chi connectivity index (χ3n) is 6.50. The van der Waals surface area contributed by atoms with Crippen LogP contribution in [0.15, 0.2) is 0 Å². The van der Waals surface area contributed by atoms with Gasteiger partial charge in [0.05, 0.1) is 0 Å². The van der Waals surface area contributed by atoms with Crippen molar-refractivity contribution in [1.29, 1.82) is 0 Å². The molecule has 0 aliphatic rings. The van der Waals surface area contributed by atoms with Gasteiger partial charge in [0.2, 0.25) is 0 Å². The van der Waals surface area contributed by atoms with Crippen molar-refractivity contribution in [2.45, 2.75) is 154 Å². The van der Waals surface area contributed by atoms with Gasteiger partial charge in [0, 0.05) is 13.1 Å². The van der Waals surface area contributed by atoms with E-state index in [4.69, 9.17) is 0 Å². The predicted molar refractivity (Wildman–Crippen MR) is 142 cm³/mol. The summed E-state index contributed by atoms with van der Waals surface area (Å²) in [4.78, 5) is 24.0. The van der Waals surface area contributed by atoms with Crippen molar-refractivity contribution in [3.05, 3.63) is 0 Å². The number of carbonyl (C=O) groups excluding carboxylic acids is 2. The summed E-state index contributed by atoms with van der Waals surface area (Å²) in [6.07, 6.45) is 20.8. The average Bonchev–Trinajstić information content (AvgIpc) is 2.84. The summed E-state index contributed by atoms with van der Waals surface area (Å²) in [5.74, 6) is -1.37. The Morgan fingerprint density at radius 3 is 0.971 bits per heavy atom. The monoisotopic (exact) mass is 484 g/mol. The number of hydrogen-bond acceptors (Lipinski definition) is 4. The minimum Gasteiger partial charge on any atom is -0.380 e. The molecule has 0 aromatic carbocycles. The van der Waals surface area contributed by atoms with Crippen molar-refractivity contribution in [2.75, 3.05) is 13.1 Å². The zero-order valence-corrected chi connectivity index (χ0v) is 22.4. The molecule has 0 fully saturated rings. The Hall–Kier alpha value is -1.14. The van der Waals surface area contributed by atoms with E-state index < -0.39 is 24.0 Å². The summed E-state index contributed by atoms with van der Waals surface area (Å²) in [5, 5.41) is 25.2. The second-order valence-electron chi connectivity index (χ2n) is 9.84. The van der Waals surface area contributed by atoms with Crippen molar-refractivity contribution in [3.63, 3.8) is 0 Å². The van der Waals surface area contributed by atoms with Gasteiger partial charge in [-0.25, -0.2) is 0 Å². The number of carbonyl (C=O) groups is 2. The molecule has 34 heavy (non-hydrogen) atoms. The fourth-order valence-corrected chi connectivity index (χ4v) is 4.14. The molecule has 2 unspecified atom stereocenters. The van der Waals surface area contributed by atoms with E-state index in [1.54, 1.807) is 0 Å². The Balaban J connectivity index is 3.63. The number of aliphatic hydroxyl groups is 2. The summed E-state index contributed by atoms with van der Waals surface area (Å²) in [5.41, 5.74) is 0. The molecule has 0 aromatic heterocycles. The minimum absolute atomic E-state index is 0.458. The molecule has 0 saturated carbocycles. The Morgan fingerprint density at radius 2 is 0.706 bits per heavy atom. The molecular weight excluding hydrogens is 428 g/mol. The van der Waals surface area contributed by atoms with Crippen LogP contribution in [0, 0.1) is 0 Å². The number of amides is 2. The normalized spacial score (nSPS) is 12.9. The van der Waals surface area contributed by atoms with Gasteiger partial charge in [0.25, 0.3) is 11.8 Å². The number of hydrogen-bond donors (Lipinski definition) is 4. The molecule has 0 radical (unpaired) electrons. The van der Waals surface area contributed by atoms with Crippen LogP contribution in [0.4, 0.5) is 0 Å². The van der Waals surface area contributed by atoms with Crippen LogP contribution in [0.5, 0.6) is 0 Å². The number of nitrogens with one attached hydrogen (secondary N) is 2. The van der Waals surface area contributed by atoms with Gasteiger partial charge in [-0.2, -0.15) is 0 Å². The third-order valence-corrected chi connectivity index (χ3v) is 6.50. The van der Waals surface area contributed by atoms with Gasteiger partial charge in [0.15, 0.2) is 12.2 Å². The van der Waals surface area contributed by atoms with Crippen LogP contribution in [0.25, 0.3) is 0 Å². The summed E-state index contributed by atoms with van der Waals surface area (Å²) in [6.45, 7) is 5.37. The molecule has 0 aliphatic heterocycles. The SMILES string of the molecule is CCCCCCCCCCCCNC(=O)C(O)C(O)C(=O)NCCCCCCCCCCCC. The van der Waals surface area contributed by atoms with Gasteiger partial charge in [0.1, 0.15) is 0 Å². The molecule has 0 bridgehead atoms. The predicted octanol–water partition coefficient (Wildman–Crippen LogP) is 5.78. The quantitative estimate of drug-likeness (QED) is 0.123. The highest BCUT2D eigenvalue weighted by Gasteiger charge is 2.29. The van der Waals surface area contributed by atoms with Crippen molar-refractivity contribution in [3.8, 4) is 0 Å². The molecule has 4 N–H and O–H groups in total. The van der Waals surface area contributed by atoms with E-state index in [-0.39, 0.29) is 0 Å². The van der Waals surface area contributed by atoms with Gasteiger partial charge in [-0.05, 0) is 12.8 Å². The highest BCUT2D eigenvalue weighted by Crippen LogP contribution is 2.11. The first-order chi connectivity index (χ1) is 16.5. The lowest BCUT2D eigenvalue weighted by Crippen LogP contribution is -2.49. The smallest absolute Gasteiger partial charge is 0.252 e. The van der Waals surface area contributed by atoms with Crippen LogP contribution in [0.2, 0.25) is 0 Å². The topological polar surface area (TPSA) is 98.7 Å². The molecule has 0 spiro atoms. The molecule has 0 aliphatic carbocycles. The Bertz CT molecular complexity index is 431. The van der Waals surface area contributed by atoms with E-state index in [1.165, 1.54) is 89.9 Å². The van der Waals surface area contributed by atoms with Gasteiger partial charge in [-0.15, -0.1) is 0 Å². The first-order valence-corrected chi connectivity index (χ1v) is 14.5. The number of rotatable bonds is 25. The fourth-order valence-electron chi connectivity index (χ4n) is 4.14. The Kier molecular flexibility index (Phi) is 24.1. The molecule has 2 atom stereocenters. The van der Waals surface area contributed by atoms with Crippen molar-refractivity contribution >= 4 is 11.8 Å². The molecule has 202 valence electrons. The highest BCUT2D eigenvalue weighted by molar-refractivity contribution is 5.90. The second-order valence-corrected chi connectivity index (χ2v) is 9.84. The molecule has 0 saturated heterocycles. The van der Waals surface area contributed by atoms with Crippen molar-refractivity contribution in [2.24, 2.45) is 0 Å². The van der Waals surface area contributed by atoms with E-state index in [0.29, 0.717) is 13.1 Å². The number of unbranched alkanes of at least 4 members (excludes halogenated alkanes) is 18. The van der Waals surface area contributed by atoms with Gasteiger partial charge < -0.3 is 20.8 Å². The molecule has 2 amide bonds. The van der Waals surface area contributed by atoms with E-state index >= 15 is 0 Å². The van der Waals surface area contributed by atoms with E-state index in [0.717, 1.165) is 38.5 Å². The maximum atomic E-state index is 12.0. The van der Waals surface area contributed by atoms with Crippen LogP contribution in [0.3, 0.4) is 0 Å². The first kappa shape index (κ1) is 32.9. The first-order valence-electron chi connectivity index (χ1n) is 14.5. The minimum atomic E-state index is -1.73. The van der Waals surface area contributed by atoms with Crippen LogP contribution in [-0.4, -0.2) is 47.3 Å². The highest BCUT2D eigenvalue weighted by atomic mass is 16.3. The van der Waals surface area contributed by atoms with Crippen LogP contribution < -0.4 is 10.6 Å². The van der Waals surface area contributed by atoms with E-state index in [9.17, 15) is 19.8 Å². The lowest BCUT2D eigenvalue weighted by atomic mass is 10.1. The van der Waals surface area contributed by atoms with E-state index in [1.807, 2.05) is 0 Å². The number of aliphatic hydroxyl groups excluding tert-OH is 2. The molecular formula is C28H56N2O4. The standard InChI is InChI=1S/C28H56N2O4/c1-3-5-7-9-11-13-15-17-19-21-23-29-27(33)25(31)26(32)28(34)30-24-22-20-18-16-14-12-10-8-6-4-2/h25-26,31-32H,3-24H2,1-2H3,(H,29,33)(H,30,34). The molecule has 0 rings (SSSR count). The zero-order valence-electron chi connectivity index (χ0n) is 22.4. The molecule has 6 heteroatoms. The largest absolute Gasteiger partial charge is 0.380 e. The van der Waals surface area contributed by atoms with Crippen molar-refractivity contribution < 1.29 is 19.8 Å². The zero-order chi connectivity index (χ0) is 25.3. The maximum Gasteiger partial charge on any atom is 0.252 e. The second kappa shape index (κ2) is 25.0. The lowest BCUT2D eigenvalue weighted by Gasteiger charge is -2.17. The third kappa shape index (κ3) is 20.3. The lowest BCUT2D eigenvalue weighted by molar-refractivity contribution is -0.146. The maximum absolute atomic E-state index is 12.0. The van der Waals surface area contributed by atoms with Gasteiger partial charge in [-0.1, -0.05) is 129 Å². The average molecular weight is 485 g/mol. The van der Waals surface area contributed by atoms with Gasteiger partial charge in [-0.3, -0.25) is 9.59 Å². The van der Waals surface area contributed by atoms with Gasteiger partial charge >= 0.3 is 0 Å². The Morgan fingerprint density at radius 1 is 0.471 bits per heavy atom. The summed E-state index contributed by atoms with van der Waals surface area (Å²) >= 11 is 0.